The quantitative estimate of drug-likeness (QED) is 0.479. The highest BCUT2D eigenvalue weighted by Crippen LogP contribution is 2.20. The summed E-state index contributed by atoms with van der Waals surface area (Å²) in [5.74, 6) is -0.375. The summed E-state index contributed by atoms with van der Waals surface area (Å²) >= 11 is 5.96. The molecular weight excluding hydrogens is 348 g/mol. The van der Waals surface area contributed by atoms with Crippen molar-refractivity contribution in [3.63, 3.8) is 0 Å². The molecule has 0 saturated carbocycles. The number of hydrogen-bond donors (Lipinski definition) is 0. The van der Waals surface area contributed by atoms with Crippen molar-refractivity contribution in [1.29, 1.82) is 0 Å². The van der Waals surface area contributed by atoms with E-state index in [1.54, 1.807) is 35.0 Å². The SMILES string of the molecule is O=C(OCc1cn2cc(Cl)ccc2n1)c1ccc(-c2ccccc2)cc1. The smallest absolute Gasteiger partial charge is 0.338 e. The Morgan fingerprint density at radius 3 is 2.42 bits per heavy atom. The Kier molecular flexibility index (Phi) is 4.42. The van der Waals surface area contributed by atoms with E-state index in [1.165, 1.54) is 0 Å². The van der Waals surface area contributed by atoms with Crippen LogP contribution >= 0.6 is 11.6 Å². The Hall–Kier alpha value is -3.11. The van der Waals surface area contributed by atoms with E-state index in [1.807, 2.05) is 48.5 Å². The first-order chi connectivity index (χ1) is 12.7. The number of carbonyl (C=O) groups excluding carboxylic acids is 1. The second-order valence-electron chi connectivity index (χ2n) is 5.86. The number of benzene rings is 2. The summed E-state index contributed by atoms with van der Waals surface area (Å²) in [4.78, 5) is 16.7. The number of halogens is 1. The standard InChI is InChI=1S/C21H15ClN2O2/c22-18-10-11-20-23-19(13-24(20)12-18)14-26-21(25)17-8-6-16(7-9-17)15-4-2-1-3-5-15/h1-13H,14H2. The fourth-order valence-electron chi connectivity index (χ4n) is 2.74. The molecule has 0 atom stereocenters. The Bertz CT molecular complexity index is 1060. The molecule has 0 spiro atoms. The molecule has 2 heterocycles. The zero-order chi connectivity index (χ0) is 17.9. The molecule has 0 bridgehead atoms. The van der Waals surface area contributed by atoms with Gasteiger partial charge in [0, 0.05) is 12.4 Å². The number of imidazole rings is 1. The van der Waals surface area contributed by atoms with Crippen molar-refractivity contribution in [3.8, 4) is 11.1 Å². The van der Waals surface area contributed by atoms with Crippen molar-refractivity contribution in [2.75, 3.05) is 0 Å². The molecule has 0 aliphatic carbocycles. The molecule has 0 aliphatic rings. The molecule has 0 aliphatic heterocycles. The van der Waals surface area contributed by atoms with E-state index in [0.29, 0.717) is 16.3 Å². The van der Waals surface area contributed by atoms with Gasteiger partial charge in [0.15, 0.2) is 0 Å². The fraction of sp³-hybridized carbons (Fsp3) is 0.0476. The van der Waals surface area contributed by atoms with Crippen LogP contribution in [0.3, 0.4) is 0 Å². The Morgan fingerprint density at radius 1 is 0.923 bits per heavy atom. The third-order valence-corrected chi connectivity index (χ3v) is 4.27. The maximum absolute atomic E-state index is 12.3. The maximum atomic E-state index is 12.3. The van der Waals surface area contributed by atoms with E-state index in [9.17, 15) is 4.79 Å². The predicted octanol–water partition coefficient (Wildman–Crippen LogP) is 5.01. The van der Waals surface area contributed by atoms with Crippen LogP contribution in [0.15, 0.2) is 79.1 Å². The van der Waals surface area contributed by atoms with E-state index < -0.39 is 0 Å². The molecular formula is C21H15ClN2O2. The van der Waals surface area contributed by atoms with E-state index in [0.717, 1.165) is 16.8 Å². The summed E-state index contributed by atoms with van der Waals surface area (Å²) in [6.45, 7) is 0.110. The van der Waals surface area contributed by atoms with Gasteiger partial charge in [-0.15, -0.1) is 0 Å². The molecule has 2 aromatic heterocycles. The van der Waals surface area contributed by atoms with E-state index in [2.05, 4.69) is 4.98 Å². The van der Waals surface area contributed by atoms with Gasteiger partial charge in [0.2, 0.25) is 0 Å². The van der Waals surface area contributed by atoms with E-state index in [-0.39, 0.29) is 12.6 Å². The van der Waals surface area contributed by atoms with Gasteiger partial charge in [0.1, 0.15) is 12.3 Å². The Labute approximate surface area is 155 Å². The number of ether oxygens (including phenoxy) is 1. The van der Waals surface area contributed by atoms with Crippen molar-refractivity contribution in [2.24, 2.45) is 0 Å². The highest BCUT2D eigenvalue weighted by molar-refractivity contribution is 6.30. The lowest BCUT2D eigenvalue weighted by Gasteiger charge is -2.05. The van der Waals surface area contributed by atoms with Gasteiger partial charge >= 0.3 is 5.97 Å². The van der Waals surface area contributed by atoms with Gasteiger partial charge in [0.25, 0.3) is 0 Å². The first-order valence-electron chi connectivity index (χ1n) is 8.15. The van der Waals surface area contributed by atoms with E-state index in [4.69, 9.17) is 16.3 Å². The van der Waals surface area contributed by atoms with Gasteiger partial charge in [-0.25, -0.2) is 9.78 Å². The molecule has 0 N–H and O–H groups in total. The molecule has 0 saturated heterocycles. The number of hydrogen-bond acceptors (Lipinski definition) is 3. The number of esters is 1. The minimum Gasteiger partial charge on any atom is -0.456 e. The minimum absolute atomic E-state index is 0.110. The highest BCUT2D eigenvalue weighted by atomic mass is 35.5. The molecule has 26 heavy (non-hydrogen) atoms. The van der Waals surface area contributed by atoms with Gasteiger partial charge in [-0.05, 0) is 35.4 Å². The largest absolute Gasteiger partial charge is 0.456 e. The number of carbonyl (C=O) groups is 1. The van der Waals surface area contributed by atoms with Crippen LogP contribution in [0.1, 0.15) is 16.1 Å². The van der Waals surface area contributed by atoms with Gasteiger partial charge in [-0.1, -0.05) is 54.1 Å². The van der Waals surface area contributed by atoms with Crippen LogP contribution < -0.4 is 0 Å². The van der Waals surface area contributed by atoms with Crippen LogP contribution in [0, 0.1) is 0 Å². The van der Waals surface area contributed by atoms with Crippen LogP contribution in [-0.4, -0.2) is 15.4 Å². The van der Waals surface area contributed by atoms with E-state index >= 15 is 0 Å². The summed E-state index contributed by atoms with van der Waals surface area (Å²) in [6.07, 6.45) is 3.56. The average molecular weight is 363 g/mol. The maximum Gasteiger partial charge on any atom is 0.338 e. The number of rotatable bonds is 4. The topological polar surface area (TPSA) is 43.6 Å². The molecule has 128 valence electrons. The molecule has 0 radical (unpaired) electrons. The van der Waals surface area contributed by atoms with Crippen molar-refractivity contribution in [1.82, 2.24) is 9.38 Å². The number of aromatic nitrogens is 2. The summed E-state index contributed by atoms with van der Waals surface area (Å²) in [7, 11) is 0. The molecule has 4 aromatic rings. The van der Waals surface area contributed by atoms with Crippen molar-refractivity contribution in [2.45, 2.75) is 6.61 Å². The van der Waals surface area contributed by atoms with Crippen molar-refractivity contribution in [3.05, 3.63) is 95.4 Å². The Morgan fingerprint density at radius 2 is 1.65 bits per heavy atom. The summed E-state index contributed by atoms with van der Waals surface area (Å²) < 4.78 is 7.18. The lowest BCUT2D eigenvalue weighted by atomic mass is 10.0. The highest BCUT2D eigenvalue weighted by Gasteiger charge is 2.10. The van der Waals surface area contributed by atoms with Crippen molar-refractivity contribution >= 4 is 23.2 Å². The van der Waals surface area contributed by atoms with Crippen LogP contribution in [0.2, 0.25) is 5.02 Å². The first-order valence-corrected chi connectivity index (χ1v) is 8.52. The van der Waals surface area contributed by atoms with Gasteiger partial charge in [-0.2, -0.15) is 0 Å². The normalized spacial score (nSPS) is 10.8. The zero-order valence-electron chi connectivity index (χ0n) is 13.8. The van der Waals surface area contributed by atoms with Crippen LogP contribution in [0.5, 0.6) is 0 Å². The van der Waals surface area contributed by atoms with Crippen LogP contribution in [0.4, 0.5) is 0 Å². The number of pyridine rings is 1. The minimum atomic E-state index is -0.375. The summed E-state index contributed by atoms with van der Waals surface area (Å²) in [5, 5.41) is 0.622. The fourth-order valence-corrected chi connectivity index (χ4v) is 2.91. The van der Waals surface area contributed by atoms with Crippen LogP contribution in [-0.2, 0) is 11.3 Å². The van der Waals surface area contributed by atoms with Gasteiger partial charge in [0.05, 0.1) is 16.3 Å². The monoisotopic (exact) mass is 362 g/mol. The molecule has 4 rings (SSSR count). The lowest BCUT2D eigenvalue weighted by molar-refractivity contribution is 0.0468. The molecule has 0 amide bonds. The second kappa shape index (κ2) is 7.02. The molecule has 0 fully saturated rings. The predicted molar refractivity (Wildman–Crippen MR) is 101 cm³/mol. The third-order valence-electron chi connectivity index (χ3n) is 4.04. The van der Waals surface area contributed by atoms with Crippen molar-refractivity contribution < 1.29 is 9.53 Å². The molecule has 0 unspecified atom stereocenters. The second-order valence-corrected chi connectivity index (χ2v) is 6.30. The van der Waals surface area contributed by atoms with Crippen LogP contribution in [0.25, 0.3) is 16.8 Å². The number of nitrogens with zero attached hydrogens (tertiary/aromatic N) is 2. The first kappa shape index (κ1) is 16.4. The lowest BCUT2D eigenvalue weighted by Crippen LogP contribution is -2.05. The summed E-state index contributed by atoms with van der Waals surface area (Å²) in [5.41, 5.74) is 4.10. The molecule has 5 heteroatoms. The zero-order valence-corrected chi connectivity index (χ0v) is 14.6. The number of fused-ring (bicyclic) bond motifs is 1. The third kappa shape index (κ3) is 3.46. The molecule has 4 nitrogen and oxygen atoms in total. The average Bonchev–Trinajstić information content (AvgIpc) is 3.09. The Balaban J connectivity index is 1.44. The summed E-state index contributed by atoms with van der Waals surface area (Å²) in [6, 6.07) is 21.0. The van der Waals surface area contributed by atoms with Gasteiger partial charge < -0.3 is 9.14 Å². The van der Waals surface area contributed by atoms with Gasteiger partial charge in [-0.3, -0.25) is 0 Å². The molecule has 2 aromatic carbocycles.